The Morgan fingerprint density at radius 2 is 2.50 bits per heavy atom. The van der Waals surface area contributed by atoms with E-state index in [1.165, 1.54) is 6.42 Å². The average Bonchev–Trinajstić information content (AvgIpc) is 2.76. The van der Waals surface area contributed by atoms with Crippen LogP contribution in [-0.2, 0) is 4.79 Å². The molecule has 2 heterocycles. The molecule has 2 saturated heterocycles. The van der Waals surface area contributed by atoms with Crippen LogP contribution >= 0.6 is 11.8 Å². The summed E-state index contributed by atoms with van der Waals surface area (Å²) in [6.45, 7) is 4.05. The minimum atomic E-state index is -0.150. The van der Waals surface area contributed by atoms with Crippen molar-refractivity contribution in [3.63, 3.8) is 0 Å². The highest BCUT2D eigenvalue weighted by molar-refractivity contribution is 8.01. The van der Waals surface area contributed by atoms with Crippen molar-refractivity contribution in [1.29, 1.82) is 0 Å². The van der Waals surface area contributed by atoms with Crippen LogP contribution in [0.1, 0.15) is 26.2 Å². The summed E-state index contributed by atoms with van der Waals surface area (Å²) < 4.78 is -0.150. The van der Waals surface area contributed by atoms with Gasteiger partial charge < -0.3 is 10.6 Å². The first-order valence-electron chi connectivity index (χ1n) is 5.36. The maximum atomic E-state index is 12.0. The van der Waals surface area contributed by atoms with Crippen LogP contribution < -0.4 is 10.6 Å². The Balaban J connectivity index is 1.87. The Kier molecular flexibility index (Phi) is 3.02. The number of amides is 1. The molecule has 14 heavy (non-hydrogen) atoms. The largest absolute Gasteiger partial charge is 0.351 e. The highest BCUT2D eigenvalue weighted by Gasteiger charge is 2.38. The SMILES string of the molecule is CC1(C(=O)N[C@@H]2CCNC2)CCCS1. The number of hydrogen-bond donors (Lipinski definition) is 2. The van der Waals surface area contributed by atoms with Gasteiger partial charge in [-0.3, -0.25) is 4.79 Å². The molecule has 0 bridgehead atoms. The summed E-state index contributed by atoms with van der Waals surface area (Å²) in [7, 11) is 0. The molecule has 2 aliphatic rings. The Hall–Kier alpha value is -0.220. The second-order valence-corrected chi connectivity index (χ2v) is 5.94. The van der Waals surface area contributed by atoms with Gasteiger partial charge in [-0.15, -0.1) is 11.8 Å². The topological polar surface area (TPSA) is 41.1 Å². The van der Waals surface area contributed by atoms with E-state index in [9.17, 15) is 4.79 Å². The molecule has 0 aromatic heterocycles. The van der Waals surface area contributed by atoms with Crippen LogP contribution in [0.3, 0.4) is 0 Å². The molecule has 2 atom stereocenters. The molecule has 0 spiro atoms. The molecule has 0 radical (unpaired) electrons. The van der Waals surface area contributed by atoms with Crippen LogP contribution in [0, 0.1) is 0 Å². The standard InChI is InChI=1S/C10H18N2OS/c1-10(4-2-6-14-10)9(13)12-8-3-5-11-7-8/h8,11H,2-7H2,1H3,(H,12,13)/t8-,10?/m1/s1. The molecule has 2 rings (SSSR count). The van der Waals surface area contributed by atoms with E-state index in [1.807, 2.05) is 0 Å². The Labute approximate surface area is 89.4 Å². The van der Waals surface area contributed by atoms with Gasteiger partial charge in [0.25, 0.3) is 0 Å². The number of carbonyl (C=O) groups is 1. The van der Waals surface area contributed by atoms with Gasteiger partial charge in [-0.1, -0.05) is 0 Å². The van der Waals surface area contributed by atoms with E-state index in [0.717, 1.165) is 31.7 Å². The number of nitrogens with one attached hydrogen (secondary N) is 2. The monoisotopic (exact) mass is 214 g/mol. The van der Waals surface area contributed by atoms with Gasteiger partial charge in [0.15, 0.2) is 0 Å². The smallest absolute Gasteiger partial charge is 0.236 e. The van der Waals surface area contributed by atoms with Gasteiger partial charge >= 0.3 is 0 Å². The first kappa shape index (κ1) is 10.3. The maximum absolute atomic E-state index is 12.0. The second kappa shape index (κ2) is 4.11. The lowest BCUT2D eigenvalue weighted by molar-refractivity contribution is -0.123. The van der Waals surface area contributed by atoms with E-state index in [2.05, 4.69) is 17.6 Å². The molecule has 2 aliphatic heterocycles. The predicted octanol–water partition coefficient (Wildman–Crippen LogP) is 0.750. The van der Waals surface area contributed by atoms with Crippen LogP contribution in [-0.4, -0.2) is 35.5 Å². The minimum absolute atomic E-state index is 0.150. The third-order valence-electron chi connectivity index (χ3n) is 3.09. The van der Waals surface area contributed by atoms with E-state index in [1.54, 1.807) is 11.8 Å². The fourth-order valence-corrected chi connectivity index (χ4v) is 3.29. The Morgan fingerprint density at radius 1 is 1.64 bits per heavy atom. The summed E-state index contributed by atoms with van der Waals surface area (Å²) in [6.07, 6.45) is 3.29. The van der Waals surface area contributed by atoms with Crippen molar-refractivity contribution >= 4 is 17.7 Å². The molecule has 2 fully saturated rings. The van der Waals surface area contributed by atoms with Gasteiger partial charge in [0.05, 0.1) is 4.75 Å². The van der Waals surface area contributed by atoms with Crippen molar-refractivity contribution in [2.75, 3.05) is 18.8 Å². The van der Waals surface area contributed by atoms with Crippen molar-refractivity contribution in [3.8, 4) is 0 Å². The molecule has 3 nitrogen and oxygen atoms in total. The number of carbonyl (C=O) groups excluding carboxylic acids is 1. The summed E-state index contributed by atoms with van der Waals surface area (Å²) in [5.41, 5.74) is 0. The van der Waals surface area contributed by atoms with Crippen LogP contribution in [0.5, 0.6) is 0 Å². The van der Waals surface area contributed by atoms with Crippen LogP contribution in [0.4, 0.5) is 0 Å². The molecule has 0 saturated carbocycles. The van der Waals surface area contributed by atoms with E-state index in [4.69, 9.17) is 0 Å². The van der Waals surface area contributed by atoms with Crippen molar-refractivity contribution in [1.82, 2.24) is 10.6 Å². The second-order valence-electron chi connectivity index (χ2n) is 4.35. The zero-order valence-corrected chi connectivity index (χ0v) is 9.45. The molecular formula is C10H18N2OS. The fourth-order valence-electron chi connectivity index (χ4n) is 2.07. The van der Waals surface area contributed by atoms with Gasteiger partial charge in [-0.05, 0) is 38.5 Å². The lowest BCUT2D eigenvalue weighted by Gasteiger charge is -2.23. The number of thioether (sulfide) groups is 1. The fraction of sp³-hybridized carbons (Fsp3) is 0.900. The van der Waals surface area contributed by atoms with Crippen molar-refractivity contribution in [2.45, 2.75) is 37.0 Å². The summed E-state index contributed by atoms with van der Waals surface area (Å²) in [5.74, 6) is 1.38. The van der Waals surface area contributed by atoms with Gasteiger partial charge in [-0.2, -0.15) is 0 Å². The van der Waals surface area contributed by atoms with Crippen LogP contribution in [0.2, 0.25) is 0 Å². The zero-order chi connectivity index (χ0) is 10.0. The van der Waals surface area contributed by atoms with E-state index < -0.39 is 0 Å². The molecule has 2 N–H and O–H groups in total. The molecule has 80 valence electrons. The van der Waals surface area contributed by atoms with E-state index in [-0.39, 0.29) is 10.7 Å². The molecule has 1 amide bonds. The first-order valence-corrected chi connectivity index (χ1v) is 6.35. The molecule has 0 aliphatic carbocycles. The van der Waals surface area contributed by atoms with Crippen molar-refractivity contribution in [3.05, 3.63) is 0 Å². The summed E-state index contributed by atoms with van der Waals surface area (Å²) in [6, 6.07) is 0.362. The molecule has 1 unspecified atom stereocenters. The third-order valence-corrected chi connectivity index (χ3v) is 4.61. The predicted molar refractivity (Wildman–Crippen MR) is 59.5 cm³/mol. The zero-order valence-electron chi connectivity index (χ0n) is 8.64. The van der Waals surface area contributed by atoms with E-state index >= 15 is 0 Å². The lowest BCUT2D eigenvalue weighted by Crippen LogP contribution is -2.46. The quantitative estimate of drug-likeness (QED) is 0.713. The van der Waals surface area contributed by atoms with E-state index in [0.29, 0.717) is 6.04 Å². The maximum Gasteiger partial charge on any atom is 0.236 e. The minimum Gasteiger partial charge on any atom is -0.351 e. The Morgan fingerprint density at radius 3 is 3.07 bits per heavy atom. The third kappa shape index (κ3) is 2.06. The first-order chi connectivity index (χ1) is 6.71. The van der Waals surface area contributed by atoms with Gasteiger partial charge in [0.1, 0.15) is 0 Å². The average molecular weight is 214 g/mol. The molecule has 0 aromatic carbocycles. The summed E-state index contributed by atoms with van der Waals surface area (Å²) in [5, 5.41) is 6.40. The highest BCUT2D eigenvalue weighted by Crippen LogP contribution is 2.37. The van der Waals surface area contributed by atoms with Gasteiger partial charge in [-0.25, -0.2) is 0 Å². The Bertz CT molecular complexity index is 220. The van der Waals surface area contributed by atoms with Crippen molar-refractivity contribution < 1.29 is 4.79 Å². The number of rotatable bonds is 2. The number of hydrogen-bond acceptors (Lipinski definition) is 3. The summed E-state index contributed by atoms with van der Waals surface area (Å²) >= 11 is 1.80. The van der Waals surface area contributed by atoms with Crippen LogP contribution in [0.25, 0.3) is 0 Å². The van der Waals surface area contributed by atoms with Gasteiger partial charge in [0, 0.05) is 12.6 Å². The molecule has 4 heteroatoms. The molecule has 0 aromatic rings. The normalized spacial score (nSPS) is 37.4. The lowest BCUT2D eigenvalue weighted by atomic mass is 10.0. The highest BCUT2D eigenvalue weighted by atomic mass is 32.2. The summed E-state index contributed by atoms with van der Waals surface area (Å²) in [4.78, 5) is 12.0. The van der Waals surface area contributed by atoms with Gasteiger partial charge in [0.2, 0.25) is 5.91 Å². The van der Waals surface area contributed by atoms with Crippen LogP contribution in [0.15, 0.2) is 0 Å². The van der Waals surface area contributed by atoms with Crippen molar-refractivity contribution in [2.24, 2.45) is 0 Å². The molecular weight excluding hydrogens is 196 g/mol.